The summed E-state index contributed by atoms with van der Waals surface area (Å²) in [5.41, 5.74) is -2.94. The number of aliphatic hydroxyl groups excluding tert-OH is 1. The SMILES string of the molecule is CNC1CC(O[C@H]2C[C@](O)(C(C)=O)Cc3c(O)c4c(c(O)c32)C(=O)c2c(OC)cccc2C4=O)OC(C)C1O. The molecule has 39 heavy (non-hydrogen) atoms. The highest BCUT2D eigenvalue weighted by Crippen LogP contribution is 2.52. The van der Waals surface area contributed by atoms with Crippen molar-refractivity contribution in [3.8, 4) is 17.2 Å². The number of Topliss-reactive ketones (excluding diaryl/α,β-unsaturated/α-hetero) is 1. The Kier molecular flexibility index (Phi) is 6.76. The van der Waals surface area contributed by atoms with Gasteiger partial charge in [0.05, 0.1) is 42.1 Å². The number of hydrogen-bond acceptors (Lipinski definition) is 11. The molecular weight excluding hydrogens is 510 g/mol. The summed E-state index contributed by atoms with van der Waals surface area (Å²) in [5, 5.41) is 47.5. The Morgan fingerprint density at radius 2 is 1.82 bits per heavy atom. The van der Waals surface area contributed by atoms with Crippen molar-refractivity contribution < 1.29 is 49.0 Å². The van der Waals surface area contributed by atoms with E-state index in [-0.39, 0.29) is 46.9 Å². The molecule has 11 heteroatoms. The lowest BCUT2D eigenvalue weighted by molar-refractivity contribution is -0.249. The van der Waals surface area contributed by atoms with Crippen molar-refractivity contribution in [3.63, 3.8) is 0 Å². The molecule has 6 atom stereocenters. The normalized spacial score (nSPS) is 29.8. The van der Waals surface area contributed by atoms with Crippen molar-refractivity contribution in [2.24, 2.45) is 0 Å². The average Bonchev–Trinajstić information content (AvgIpc) is 2.90. The van der Waals surface area contributed by atoms with E-state index < -0.39 is 76.6 Å². The van der Waals surface area contributed by atoms with Gasteiger partial charge in [-0.15, -0.1) is 0 Å². The number of likely N-dealkylation sites (N-methyl/N-ethyl adjacent to an activating group) is 1. The summed E-state index contributed by atoms with van der Waals surface area (Å²) in [5.74, 6) is -3.10. The van der Waals surface area contributed by atoms with E-state index in [1.165, 1.54) is 32.2 Å². The summed E-state index contributed by atoms with van der Waals surface area (Å²) in [6.07, 6.45) is -4.07. The fourth-order valence-electron chi connectivity index (χ4n) is 5.91. The number of fused-ring (bicyclic) bond motifs is 3. The summed E-state index contributed by atoms with van der Waals surface area (Å²) >= 11 is 0. The van der Waals surface area contributed by atoms with E-state index in [0.29, 0.717) is 0 Å². The van der Waals surface area contributed by atoms with Crippen molar-refractivity contribution >= 4 is 17.3 Å². The van der Waals surface area contributed by atoms with Gasteiger partial charge in [-0.2, -0.15) is 0 Å². The number of nitrogens with one attached hydrogen (secondary N) is 1. The van der Waals surface area contributed by atoms with Gasteiger partial charge in [0, 0.05) is 42.0 Å². The fourth-order valence-corrected chi connectivity index (χ4v) is 5.91. The lowest BCUT2D eigenvalue weighted by atomic mass is 9.72. The molecule has 1 heterocycles. The molecule has 0 bridgehead atoms. The standard InChI is InChI=1S/C28H31NO10/c1-11-23(31)15(29-3)8-18(38-11)39-17-10-28(36,12(2)30)9-14-20(17)27(35)22-21(25(14)33)24(32)13-6-5-7-16(37-4)19(13)26(22)34/h5-7,11,15,17-18,23,29,31,33,35-36H,8-10H2,1-4H3/t11?,15?,17-,18?,23?,28-/m0/s1. The minimum atomic E-state index is -1.99. The zero-order chi connectivity index (χ0) is 28.4. The third-order valence-electron chi connectivity index (χ3n) is 8.12. The van der Waals surface area contributed by atoms with Crippen molar-refractivity contribution in [2.45, 2.75) is 69.4 Å². The van der Waals surface area contributed by atoms with Crippen LogP contribution >= 0.6 is 0 Å². The number of carbonyl (C=O) groups is 3. The number of rotatable bonds is 5. The zero-order valence-electron chi connectivity index (χ0n) is 22.0. The first-order valence-corrected chi connectivity index (χ1v) is 12.7. The van der Waals surface area contributed by atoms with Gasteiger partial charge >= 0.3 is 0 Å². The highest BCUT2D eigenvalue weighted by atomic mass is 16.7. The molecule has 11 nitrogen and oxygen atoms in total. The Balaban J connectivity index is 1.67. The molecule has 1 aliphatic heterocycles. The Hall–Kier alpha value is -3.35. The molecule has 1 saturated heterocycles. The van der Waals surface area contributed by atoms with Crippen LogP contribution < -0.4 is 10.1 Å². The number of carbonyl (C=O) groups excluding carboxylic acids is 3. The van der Waals surface area contributed by atoms with E-state index in [4.69, 9.17) is 14.2 Å². The Morgan fingerprint density at radius 1 is 1.13 bits per heavy atom. The van der Waals surface area contributed by atoms with Crippen LogP contribution in [-0.4, -0.2) is 82.1 Å². The van der Waals surface area contributed by atoms with Crippen LogP contribution in [0.1, 0.15) is 75.8 Å². The van der Waals surface area contributed by atoms with Crippen molar-refractivity contribution in [2.75, 3.05) is 14.2 Å². The fraction of sp³-hybridized carbons (Fsp3) is 0.464. The Labute approximate surface area is 224 Å². The maximum absolute atomic E-state index is 13.7. The van der Waals surface area contributed by atoms with E-state index in [1.54, 1.807) is 14.0 Å². The zero-order valence-corrected chi connectivity index (χ0v) is 22.0. The van der Waals surface area contributed by atoms with Crippen molar-refractivity contribution in [1.82, 2.24) is 5.32 Å². The molecule has 0 amide bonds. The predicted molar refractivity (Wildman–Crippen MR) is 135 cm³/mol. The van der Waals surface area contributed by atoms with Crippen LogP contribution in [0.5, 0.6) is 17.2 Å². The number of aliphatic hydroxyl groups is 2. The van der Waals surface area contributed by atoms with E-state index >= 15 is 0 Å². The number of ether oxygens (including phenoxy) is 3. The number of phenols is 2. The Bertz CT molecular complexity index is 1390. The highest BCUT2D eigenvalue weighted by molar-refractivity contribution is 6.31. The molecule has 0 saturated carbocycles. The first-order valence-electron chi connectivity index (χ1n) is 12.7. The van der Waals surface area contributed by atoms with Gasteiger partial charge in [-0.05, 0) is 27.0 Å². The van der Waals surface area contributed by atoms with E-state index in [9.17, 15) is 34.8 Å². The maximum Gasteiger partial charge on any atom is 0.202 e. The summed E-state index contributed by atoms with van der Waals surface area (Å²) in [6.45, 7) is 2.86. The average molecular weight is 542 g/mol. The molecule has 3 aliphatic rings. The van der Waals surface area contributed by atoms with Gasteiger partial charge in [0.1, 0.15) is 22.8 Å². The first kappa shape index (κ1) is 27.2. The molecule has 5 N–H and O–H groups in total. The molecule has 2 aromatic carbocycles. The maximum atomic E-state index is 13.7. The van der Waals surface area contributed by atoms with E-state index in [0.717, 1.165) is 0 Å². The topological polar surface area (TPSA) is 172 Å². The molecule has 0 radical (unpaired) electrons. The lowest BCUT2D eigenvalue weighted by Crippen LogP contribution is -2.53. The van der Waals surface area contributed by atoms with E-state index in [1.807, 2.05) is 0 Å². The largest absolute Gasteiger partial charge is 0.507 e. The molecule has 2 aromatic rings. The molecular formula is C28H31NO10. The second-order valence-corrected chi connectivity index (χ2v) is 10.4. The van der Waals surface area contributed by atoms with Gasteiger partial charge in [0.25, 0.3) is 0 Å². The van der Waals surface area contributed by atoms with Crippen LogP contribution in [0.4, 0.5) is 0 Å². The van der Waals surface area contributed by atoms with E-state index in [2.05, 4.69) is 5.32 Å². The van der Waals surface area contributed by atoms with Crippen LogP contribution in [0.15, 0.2) is 18.2 Å². The summed E-state index contributed by atoms with van der Waals surface area (Å²) in [6, 6.07) is 4.07. The number of methoxy groups -OCH3 is 1. The number of hydrogen-bond donors (Lipinski definition) is 5. The van der Waals surface area contributed by atoms with Gasteiger partial charge in [0.2, 0.25) is 5.78 Å². The molecule has 0 spiro atoms. The van der Waals surface area contributed by atoms with Gasteiger partial charge in [-0.1, -0.05) is 12.1 Å². The van der Waals surface area contributed by atoms with Gasteiger partial charge in [-0.3, -0.25) is 14.4 Å². The molecule has 2 aliphatic carbocycles. The highest BCUT2D eigenvalue weighted by Gasteiger charge is 2.49. The second-order valence-electron chi connectivity index (χ2n) is 10.4. The van der Waals surface area contributed by atoms with Crippen molar-refractivity contribution in [3.05, 3.63) is 51.6 Å². The summed E-state index contributed by atoms with van der Waals surface area (Å²) in [4.78, 5) is 39.7. The monoisotopic (exact) mass is 541 g/mol. The molecule has 1 fully saturated rings. The number of aromatic hydroxyl groups is 2. The number of phenolic OH excluding ortho intramolecular Hbond substituents is 2. The van der Waals surface area contributed by atoms with Crippen LogP contribution in [-0.2, 0) is 20.7 Å². The first-order chi connectivity index (χ1) is 18.4. The summed E-state index contributed by atoms with van der Waals surface area (Å²) in [7, 11) is 3.03. The van der Waals surface area contributed by atoms with Crippen LogP contribution in [0.2, 0.25) is 0 Å². The van der Waals surface area contributed by atoms with Crippen LogP contribution in [0.25, 0.3) is 0 Å². The molecule has 208 valence electrons. The number of benzene rings is 2. The van der Waals surface area contributed by atoms with Gasteiger partial charge in [-0.25, -0.2) is 0 Å². The van der Waals surface area contributed by atoms with Gasteiger partial charge < -0.3 is 40.0 Å². The molecule has 0 aromatic heterocycles. The Morgan fingerprint density at radius 3 is 2.46 bits per heavy atom. The second kappa shape index (κ2) is 9.68. The lowest BCUT2D eigenvalue weighted by Gasteiger charge is -2.42. The summed E-state index contributed by atoms with van der Waals surface area (Å²) < 4.78 is 17.3. The third kappa shape index (κ3) is 4.12. The molecule has 5 rings (SSSR count). The number of ketones is 3. The van der Waals surface area contributed by atoms with Crippen LogP contribution in [0.3, 0.4) is 0 Å². The quantitative estimate of drug-likeness (QED) is 0.295. The predicted octanol–water partition coefficient (Wildman–Crippen LogP) is 1.29. The minimum Gasteiger partial charge on any atom is -0.507 e. The van der Waals surface area contributed by atoms with Gasteiger partial charge in [0.15, 0.2) is 17.9 Å². The smallest absolute Gasteiger partial charge is 0.202 e. The minimum absolute atomic E-state index is 0.00630. The van der Waals surface area contributed by atoms with Crippen molar-refractivity contribution in [1.29, 1.82) is 0 Å². The van der Waals surface area contributed by atoms with Crippen LogP contribution in [0, 0.1) is 0 Å². The molecule has 4 unspecified atom stereocenters. The third-order valence-corrected chi connectivity index (χ3v) is 8.12.